The van der Waals surface area contributed by atoms with Gasteiger partial charge >= 0.3 is 0 Å². The van der Waals surface area contributed by atoms with Gasteiger partial charge in [-0.05, 0) is 37.1 Å². The Morgan fingerprint density at radius 1 is 1.19 bits per heavy atom. The highest BCUT2D eigenvalue weighted by molar-refractivity contribution is 5.94. The fourth-order valence-electron chi connectivity index (χ4n) is 2.62. The Hall–Kier alpha value is -1.86. The van der Waals surface area contributed by atoms with Crippen molar-refractivity contribution >= 4 is 5.91 Å². The van der Waals surface area contributed by atoms with Crippen LogP contribution < -0.4 is 0 Å². The quantitative estimate of drug-likeness (QED) is 0.780. The third-order valence-corrected chi connectivity index (χ3v) is 4.03. The van der Waals surface area contributed by atoms with Gasteiger partial charge in [0.15, 0.2) is 0 Å². The van der Waals surface area contributed by atoms with Crippen molar-refractivity contribution in [2.24, 2.45) is 0 Å². The zero-order chi connectivity index (χ0) is 15.1. The highest BCUT2D eigenvalue weighted by Crippen LogP contribution is 2.11. The maximum absolute atomic E-state index is 12.4. The molecule has 1 amide bonds. The summed E-state index contributed by atoms with van der Waals surface area (Å²) in [5, 5.41) is 8.55. The zero-order valence-corrected chi connectivity index (χ0v) is 12.7. The number of carbonyl (C=O) groups is 1. The molecule has 0 N–H and O–H groups in total. The summed E-state index contributed by atoms with van der Waals surface area (Å²) in [5.41, 5.74) is 2.04. The molecule has 0 radical (unpaired) electrons. The van der Waals surface area contributed by atoms with Crippen molar-refractivity contribution in [2.75, 3.05) is 32.7 Å². The van der Waals surface area contributed by atoms with Crippen molar-refractivity contribution in [1.82, 2.24) is 9.80 Å². The molecule has 0 aliphatic carbocycles. The first kappa shape index (κ1) is 15.5. The fraction of sp³-hybridized carbons (Fsp3) is 0.529. The summed E-state index contributed by atoms with van der Waals surface area (Å²) < 4.78 is 0. The largest absolute Gasteiger partial charge is 0.336 e. The highest BCUT2D eigenvalue weighted by Gasteiger charge is 2.21. The van der Waals surface area contributed by atoms with Gasteiger partial charge < -0.3 is 4.90 Å². The molecule has 0 bridgehead atoms. The smallest absolute Gasteiger partial charge is 0.253 e. The van der Waals surface area contributed by atoms with Gasteiger partial charge in [-0.3, -0.25) is 9.69 Å². The van der Waals surface area contributed by atoms with E-state index in [1.807, 2.05) is 29.2 Å². The van der Waals surface area contributed by atoms with E-state index >= 15 is 0 Å². The van der Waals surface area contributed by atoms with E-state index in [2.05, 4.69) is 17.9 Å². The molecule has 1 aliphatic heterocycles. The third-order valence-electron chi connectivity index (χ3n) is 4.03. The van der Waals surface area contributed by atoms with E-state index in [9.17, 15) is 4.79 Å². The van der Waals surface area contributed by atoms with Crippen molar-refractivity contribution in [3.63, 3.8) is 0 Å². The van der Waals surface area contributed by atoms with E-state index in [0.717, 1.165) is 51.1 Å². The van der Waals surface area contributed by atoms with E-state index in [4.69, 9.17) is 5.26 Å². The second-order valence-corrected chi connectivity index (χ2v) is 5.45. The number of aryl methyl sites for hydroxylation is 1. The van der Waals surface area contributed by atoms with Crippen LogP contribution in [-0.2, 0) is 6.42 Å². The van der Waals surface area contributed by atoms with Crippen molar-refractivity contribution in [2.45, 2.75) is 26.2 Å². The van der Waals surface area contributed by atoms with Crippen molar-refractivity contribution in [3.8, 4) is 6.07 Å². The fourth-order valence-corrected chi connectivity index (χ4v) is 2.62. The number of rotatable bonds is 5. The Balaban J connectivity index is 1.83. The van der Waals surface area contributed by atoms with Gasteiger partial charge in [-0.2, -0.15) is 5.26 Å². The third kappa shape index (κ3) is 4.30. The van der Waals surface area contributed by atoms with Gasteiger partial charge in [-0.25, -0.2) is 0 Å². The Labute approximate surface area is 127 Å². The van der Waals surface area contributed by atoms with Crippen molar-refractivity contribution in [1.29, 1.82) is 5.26 Å². The molecule has 1 aromatic carbocycles. The number of amides is 1. The Morgan fingerprint density at radius 3 is 2.43 bits per heavy atom. The summed E-state index contributed by atoms with van der Waals surface area (Å²) in [6, 6.07) is 10.1. The number of unbranched alkanes of at least 4 members (excludes halogenated alkanes) is 1. The topological polar surface area (TPSA) is 47.3 Å². The average molecular weight is 285 g/mol. The summed E-state index contributed by atoms with van der Waals surface area (Å²) in [6.07, 6.45) is 2.53. The van der Waals surface area contributed by atoms with Crippen LogP contribution in [0.15, 0.2) is 24.3 Å². The predicted molar refractivity (Wildman–Crippen MR) is 83.0 cm³/mol. The highest BCUT2D eigenvalue weighted by atomic mass is 16.2. The predicted octanol–water partition coefficient (Wildman–Crippen LogP) is 2.31. The van der Waals surface area contributed by atoms with Crippen LogP contribution in [-0.4, -0.2) is 48.4 Å². The molecule has 1 saturated heterocycles. The van der Waals surface area contributed by atoms with Crippen LogP contribution in [0.4, 0.5) is 0 Å². The minimum atomic E-state index is 0.134. The lowest BCUT2D eigenvalue weighted by Crippen LogP contribution is -2.48. The molecule has 0 atom stereocenters. The average Bonchev–Trinajstić information content (AvgIpc) is 2.55. The molecule has 4 nitrogen and oxygen atoms in total. The molecule has 0 saturated carbocycles. The van der Waals surface area contributed by atoms with E-state index in [0.29, 0.717) is 6.42 Å². The van der Waals surface area contributed by atoms with Crippen LogP contribution in [0.2, 0.25) is 0 Å². The minimum absolute atomic E-state index is 0.134. The molecule has 0 spiro atoms. The number of nitrogens with zero attached hydrogens (tertiary/aromatic N) is 3. The Kier molecular flexibility index (Phi) is 5.77. The SMILES string of the molecule is CCc1ccc(C(=O)N2CCN(CCCC#N)CC2)cc1. The van der Waals surface area contributed by atoms with Gasteiger partial charge in [-0.15, -0.1) is 0 Å². The van der Waals surface area contributed by atoms with Gasteiger partial charge in [0.2, 0.25) is 0 Å². The van der Waals surface area contributed by atoms with E-state index < -0.39 is 0 Å². The molecular formula is C17H23N3O. The normalized spacial score (nSPS) is 15.7. The van der Waals surface area contributed by atoms with Crippen LogP contribution in [0, 0.1) is 11.3 Å². The van der Waals surface area contributed by atoms with Gasteiger partial charge in [0.25, 0.3) is 5.91 Å². The molecule has 1 heterocycles. The number of benzene rings is 1. The molecule has 2 rings (SSSR count). The summed E-state index contributed by atoms with van der Waals surface area (Å²) in [4.78, 5) is 16.7. The van der Waals surface area contributed by atoms with Crippen LogP contribution in [0.1, 0.15) is 35.7 Å². The first-order valence-corrected chi connectivity index (χ1v) is 7.72. The number of nitriles is 1. The number of carbonyl (C=O) groups excluding carboxylic acids is 1. The molecule has 1 fully saturated rings. The second-order valence-electron chi connectivity index (χ2n) is 5.45. The van der Waals surface area contributed by atoms with E-state index in [1.54, 1.807) is 0 Å². The number of piperazine rings is 1. The first-order chi connectivity index (χ1) is 10.2. The van der Waals surface area contributed by atoms with Gasteiger partial charge in [-0.1, -0.05) is 19.1 Å². The summed E-state index contributed by atoms with van der Waals surface area (Å²) in [6.45, 7) is 6.44. The molecule has 1 aromatic rings. The van der Waals surface area contributed by atoms with Crippen molar-refractivity contribution in [3.05, 3.63) is 35.4 Å². The summed E-state index contributed by atoms with van der Waals surface area (Å²) in [7, 11) is 0. The molecule has 1 aliphatic rings. The van der Waals surface area contributed by atoms with Crippen LogP contribution in [0.5, 0.6) is 0 Å². The van der Waals surface area contributed by atoms with Crippen LogP contribution >= 0.6 is 0 Å². The summed E-state index contributed by atoms with van der Waals surface area (Å²) >= 11 is 0. The molecule has 112 valence electrons. The Bertz CT molecular complexity index is 496. The lowest BCUT2D eigenvalue weighted by molar-refractivity contribution is 0.0636. The maximum Gasteiger partial charge on any atom is 0.253 e. The zero-order valence-electron chi connectivity index (χ0n) is 12.7. The molecule has 21 heavy (non-hydrogen) atoms. The first-order valence-electron chi connectivity index (χ1n) is 7.72. The monoisotopic (exact) mass is 285 g/mol. The number of hydrogen-bond donors (Lipinski definition) is 0. The molecular weight excluding hydrogens is 262 g/mol. The van der Waals surface area contributed by atoms with Gasteiger partial charge in [0.05, 0.1) is 6.07 Å². The van der Waals surface area contributed by atoms with Gasteiger partial charge in [0.1, 0.15) is 0 Å². The number of hydrogen-bond acceptors (Lipinski definition) is 3. The minimum Gasteiger partial charge on any atom is -0.336 e. The van der Waals surface area contributed by atoms with Crippen molar-refractivity contribution < 1.29 is 4.79 Å². The van der Waals surface area contributed by atoms with Gasteiger partial charge in [0, 0.05) is 38.2 Å². The second kappa shape index (κ2) is 7.80. The van der Waals surface area contributed by atoms with Crippen LogP contribution in [0.25, 0.3) is 0 Å². The standard InChI is InChI=1S/C17H23N3O/c1-2-15-5-7-16(8-6-15)17(21)20-13-11-19(12-14-20)10-4-3-9-18/h5-8H,2-4,10-14H2,1H3. The lowest BCUT2D eigenvalue weighted by Gasteiger charge is -2.34. The molecule has 0 unspecified atom stereocenters. The lowest BCUT2D eigenvalue weighted by atomic mass is 10.1. The van der Waals surface area contributed by atoms with E-state index in [-0.39, 0.29) is 5.91 Å². The van der Waals surface area contributed by atoms with Crippen LogP contribution in [0.3, 0.4) is 0 Å². The Morgan fingerprint density at radius 2 is 1.86 bits per heavy atom. The molecule has 0 aromatic heterocycles. The maximum atomic E-state index is 12.4. The summed E-state index contributed by atoms with van der Waals surface area (Å²) in [5.74, 6) is 0.134. The van der Waals surface area contributed by atoms with E-state index in [1.165, 1.54) is 5.56 Å². The molecule has 4 heteroatoms.